The highest BCUT2D eigenvalue weighted by Crippen LogP contribution is 2.09. The highest BCUT2D eigenvalue weighted by atomic mass is 127. The highest BCUT2D eigenvalue weighted by molar-refractivity contribution is 14.0. The molecular formula is C20H28IN5O. The van der Waals surface area contributed by atoms with Crippen LogP contribution in [0.5, 0.6) is 0 Å². The van der Waals surface area contributed by atoms with E-state index in [1.165, 1.54) is 5.56 Å². The monoisotopic (exact) mass is 481 g/mol. The van der Waals surface area contributed by atoms with Crippen LogP contribution in [0.4, 0.5) is 5.69 Å². The number of rotatable bonds is 7. The summed E-state index contributed by atoms with van der Waals surface area (Å²) in [6.07, 6.45) is 0. The number of benzene rings is 2. The Morgan fingerprint density at radius 1 is 1.15 bits per heavy atom. The Balaban J connectivity index is 0.00000364. The summed E-state index contributed by atoms with van der Waals surface area (Å²) < 4.78 is 0. The van der Waals surface area contributed by atoms with E-state index in [4.69, 9.17) is 5.73 Å². The van der Waals surface area contributed by atoms with Crippen LogP contribution in [0.15, 0.2) is 53.5 Å². The van der Waals surface area contributed by atoms with Crippen molar-refractivity contribution in [2.75, 3.05) is 32.5 Å². The van der Waals surface area contributed by atoms with E-state index >= 15 is 0 Å². The fraction of sp³-hybridized carbons (Fsp3) is 0.300. The van der Waals surface area contributed by atoms with E-state index in [1.807, 2.05) is 68.4 Å². The van der Waals surface area contributed by atoms with Crippen molar-refractivity contribution in [3.05, 3.63) is 65.2 Å². The van der Waals surface area contributed by atoms with Gasteiger partial charge in [-0.05, 0) is 50.8 Å². The molecule has 0 aliphatic carbocycles. The third kappa shape index (κ3) is 8.40. The van der Waals surface area contributed by atoms with Gasteiger partial charge in [0.05, 0.1) is 6.54 Å². The Labute approximate surface area is 178 Å². The number of nitrogens with two attached hydrogens (primary N) is 1. The van der Waals surface area contributed by atoms with Crippen molar-refractivity contribution < 1.29 is 4.79 Å². The van der Waals surface area contributed by atoms with Crippen molar-refractivity contribution >= 4 is 41.5 Å². The molecule has 0 aliphatic rings. The number of carbonyl (C=O) groups excluding carboxylic acids is 1. The lowest BCUT2D eigenvalue weighted by Crippen LogP contribution is -2.31. The number of amides is 1. The van der Waals surface area contributed by atoms with Gasteiger partial charge < -0.3 is 21.3 Å². The second kappa shape index (κ2) is 11.6. The number of hydrogen-bond acceptors (Lipinski definition) is 3. The molecule has 0 unspecified atom stereocenters. The second-order valence-corrected chi connectivity index (χ2v) is 6.45. The van der Waals surface area contributed by atoms with E-state index in [2.05, 4.69) is 15.6 Å². The van der Waals surface area contributed by atoms with Crippen molar-refractivity contribution in [2.45, 2.75) is 13.5 Å². The zero-order chi connectivity index (χ0) is 18.9. The molecule has 0 bridgehead atoms. The third-order valence-corrected chi connectivity index (χ3v) is 3.79. The zero-order valence-electron chi connectivity index (χ0n) is 16.0. The molecule has 0 saturated heterocycles. The summed E-state index contributed by atoms with van der Waals surface area (Å²) in [5.74, 6) is 0.262. The van der Waals surface area contributed by atoms with Crippen molar-refractivity contribution in [3.8, 4) is 0 Å². The van der Waals surface area contributed by atoms with E-state index in [-0.39, 0.29) is 29.9 Å². The molecule has 0 aromatic heterocycles. The lowest BCUT2D eigenvalue weighted by molar-refractivity contribution is 0.0951. The van der Waals surface area contributed by atoms with Crippen LogP contribution in [0.1, 0.15) is 21.5 Å². The summed E-state index contributed by atoms with van der Waals surface area (Å²) in [6.45, 7) is 3.85. The minimum Gasteiger partial charge on any atom is -0.370 e. The minimum atomic E-state index is -0.0802. The minimum absolute atomic E-state index is 0. The highest BCUT2D eigenvalue weighted by Gasteiger charge is 2.06. The van der Waals surface area contributed by atoms with Gasteiger partial charge in [0.25, 0.3) is 5.91 Å². The Morgan fingerprint density at radius 2 is 1.85 bits per heavy atom. The Bertz CT molecular complexity index is 759. The number of guanidine groups is 1. The summed E-state index contributed by atoms with van der Waals surface area (Å²) in [4.78, 5) is 18.5. The van der Waals surface area contributed by atoms with Crippen LogP contribution in [0.2, 0.25) is 0 Å². The maximum absolute atomic E-state index is 12.2. The Kier molecular flexibility index (Phi) is 9.81. The van der Waals surface area contributed by atoms with Crippen LogP contribution in [0.3, 0.4) is 0 Å². The molecule has 6 nitrogen and oxygen atoms in total. The fourth-order valence-electron chi connectivity index (χ4n) is 2.31. The number of carbonyl (C=O) groups is 1. The first kappa shape index (κ1) is 22.9. The number of nitrogens with zero attached hydrogens (tertiary/aromatic N) is 2. The van der Waals surface area contributed by atoms with Gasteiger partial charge in [-0.3, -0.25) is 4.79 Å². The lowest BCUT2D eigenvalue weighted by atomic mass is 10.1. The van der Waals surface area contributed by atoms with Gasteiger partial charge in [0.2, 0.25) is 0 Å². The first-order valence-electron chi connectivity index (χ1n) is 8.59. The molecule has 0 saturated carbocycles. The molecule has 0 spiro atoms. The van der Waals surface area contributed by atoms with E-state index in [1.54, 1.807) is 6.07 Å². The van der Waals surface area contributed by atoms with E-state index in [9.17, 15) is 4.79 Å². The van der Waals surface area contributed by atoms with Gasteiger partial charge >= 0.3 is 0 Å². The average molecular weight is 481 g/mol. The normalized spacial score (nSPS) is 11.0. The number of halogens is 1. The van der Waals surface area contributed by atoms with Crippen LogP contribution in [0, 0.1) is 6.92 Å². The molecular weight excluding hydrogens is 453 g/mol. The van der Waals surface area contributed by atoms with Gasteiger partial charge in [-0.15, -0.1) is 24.0 Å². The van der Waals surface area contributed by atoms with Crippen LogP contribution >= 0.6 is 24.0 Å². The van der Waals surface area contributed by atoms with Crippen LogP contribution < -0.4 is 16.4 Å². The topological polar surface area (TPSA) is 82.7 Å². The molecule has 2 aromatic rings. The van der Waals surface area contributed by atoms with Crippen LogP contribution in [-0.4, -0.2) is 44.0 Å². The summed E-state index contributed by atoms with van der Waals surface area (Å²) in [5.41, 5.74) is 9.58. The maximum atomic E-state index is 12.2. The third-order valence-electron chi connectivity index (χ3n) is 3.79. The second-order valence-electron chi connectivity index (χ2n) is 6.45. The number of likely N-dealkylation sites (N-methyl/N-ethyl adjacent to an activating group) is 1. The van der Waals surface area contributed by atoms with E-state index < -0.39 is 0 Å². The molecule has 0 fully saturated rings. The summed E-state index contributed by atoms with van der Waals surface area (Å²) in [7, 11) is 3.94. The fourth-order valence-corrected chi connectivity index (χ4v) is 2.31. The predicted molar refractivity (Wildman–Crippen MR) is 123 cm³/mol. The number of nitrogens with one attached hydrogen (secondary N) is 2. The van der Waals surface area contributed by atoms with Crippen LogP contribution in [-0.2, 0) is 6.54 Å². The van der Waals surface area contributed by atoms with Gasteiger partial charge in [-0.1, -0.05) is 29.8 Å². The van der Waals surface area contributed by atoms with Crippen molar-refractivity contribution in [1.82, 2.24) is 10.2 Å². The molecule has 27 heavy (non-hydrogen) atoms. The van der Waals surface area contributed by atoms with Gasteiger partial charge in [0.1, 0.15) is 0 Å². The van der Waals surface area contributed by atoms with Gasteiger partial charge in [0.15, 0.2) is 5.96 Å². The quantitative estimate of drug-likeness (QED) is 0.323. The van der Waals surface area contributed by atoms with Crippen molar-refractivity contribution in [3.63, 3.8) is 0 Å². The number of aryl methyl sites for hydroxylation is 1. The molecule has 2 aromatic carbocycles. The molecule has 0 atom stereocenters. The summed E-state index contributed by atoms with van der Waals surface area (Å²) >= 11 is 0. The van der Waals surface area contributed by atoms with E-state index in [0.29, 0.717) is 24.6 Å². The number of aliphatic imine (C=N–C) groups is 1. The molecule has 146 valence electrons. The molecule has 4 N–H and O–H groups in total. The molecule has 0 heterocycles. The first-order valence-corrected chi connectivity index (χ1v) is 8.59. The van der Waals surface area contributed by atoms with Crippen molar-refractivity contribution in [1.29, 1.82) is 0 Å². The Hall–Kier alpha value is -2.13. The van der Waals surface area contributed by atoms with Gasteiger partial charge in [-0.2, -0.15) is 0 Å². The van der Waals surface area contributed by atoms with Gasteiger partial charge in [0, 0.05) is 24.3 Å². The first-order chi connectivity index (χ1) is 12.4. The smallest absolute Gasteiger partial charge is 0.251 e. The number of hydrogen-bond donors (Lipinski definition) is 3. The maximum Gasteiger partial charge on any atom is 0.251 e. The Morgan fingerprint density at radius 3 is 2.52 bits per heavy atom. The summed E-state index contributed by atoms with van der Waals surface area (Å²) in [6, 6.07) is 15.4. The zero-order valence-corrected chi connectivity index (χ0v) is 18.4. The standard InChI is InChI=1S/C20H27N5O.HI/c1-15-7-9-18(10-8-15)24-20(21)23-14-16-5-4-6-17(13-16)19(26)22-11-12-25(2)3;/h4-10,13H,11-12,14H2,1-3H3,(H,22,26)(H3,21,23,24);1H. The van der Waals surface area contributed by atoms with E-state index in [0.717, 1.165) is 17.8 Å². The van der Waals surface area contributed by atoms with Crippen LogP contribution in [0.25, 0.3) is 0 Å². The van der Waals surface area contributed by atoms with Crippen molar-refractivity contribution in [2.24, 2.45) is 10.7 Å². The predicted octanol–water partition coefficient (Wildman–Crippen LogP) is 2.83. The SMILES string of the molecule is Cc1ccc(NC(N)=NCc2cccc(C(=O)NCCN(C)C)c2)cc1.I. The molecule has 0 aliphatic heterocycles. The number of anilines is 1. The molecule has 0 radical (unpaired) electrons. The lowest BCUT2D eigenvalue weighted by Gasteiger charge is -2.11. The van der Waals surface area contributed by atoms with Gasteiger partial charge in [-0.25, -0.2) is 4.99 Å². The molecule has 2 rings (SSSR count). The summed E-state index contributed by atoms with van der Waals surface area (Å²) in [5, 5.41) is 5.97. The molecule has 7 heteroatoms. The molecule has 1 amide bonds. The average Bonchev–Trinajstić information content (AvgIpc) is 2.62. The largest absolute Gasteiger partial charge is 0.370 e.